The summed E-state index contributed by atoms with van der Waals surface area (Å²) in [6.45, 7) is 2.80. The molecule has 1 unspecified atom stereocenters. The molecular formula is C14H22N2O3S. The molecule has 0 spiro atoms. The second-order valence-corrected chi connectivity index (χ2v) is 6.97. The van der Waals surface area contributed by atoms with Gasteiger partial charge in [0.15, 0.2) is 0 Å². The molecule has 1 fully saturated rings. The zero-order valence-corrected chi connectivity index (χ0v) is 12.7. The van der Waals surface area contributed by atoms with E-state index in [0.29, 0.717) is 17.5 Å². The maximum Gasteiger partial charge on any atom is 0.240 e. The Hall–Kier alpha value is -0.950. The summed E-state index contributed by atoms with van der Waals surface area (Å²) in [5.41, 5.74) is 0.986. The molecule has 6 heteroatoms. The Labute approximate surface area is 120 Å². The molecule has 1 saturated carbocycles. The van der Waals surface area contributed by atoms with E-state index in [1.165, 1.54) is 12.8 Å². The molecule has 1 aliphatic carbocycles. The summed E-state index contributed by atoms with van der Waals surface area (Å²) in [7, 11) is -1.91. The van der Waals surface area contributed by atoms with Crippen molar-refractivity contribution in [2.45, 2.75) is 43.4 Å². The Morgan fingerprint density at radius 1 is 1.40 bits per heavy atom. The van der Waals surface area contributed by atoms with E-state index in [4.69, 9.17) is 4.74 Å². The lowest BCUT2D eigenvalue weighted by molar-refractivity contribution is 0.122. The molecule has 0 heterocycles. The highest BCUT2D eigenvalue weighted by Gasteiger charge is 2.20. The van der Waals surface area contributed by atoms with Crippen molar-refractivity contribution in [3.8, 4) is 0 Å². The van der Waals surface area contributed by atoms with Crippen molar-refractivity contribution in [3.05, 3.63) is 29.8 Å². The van der Waals surface area contributed by atoms with Crippen molar-refractivity contribution in [2.75, 3.05) is 13.7 Å². The van der Waals surface area contributed by atoms with Gasteiger partial charge in [-0.25, -0.2) is 13.1 Å². The second kappa shape index (κ2) is 6.67. The highest BCUT2D eigenvalue weighted by atomic mass is 32.2. The van der Waals surface area contributed by atoms with Gasteiger partial charge in [0.2, 0.25) is 10.0 Å². The van der Waals surface area contributed by atoms with Gasteiger partial charge in [0.05, 0.1) is 11.0 Å². The maximum absolute atomic E-state index is 12.2. The van der Waals surface area contributed by atoms with E-state index < -0.39 is 10.0 Å². The van der Waals surface area contributed by atoms with Crippen molar-refractivity contribution in [2.24, 2.45) is 0 Å². The molecule has 20 heavy (non-hydrogen) atoms. The first-order valence-corrected chi connectivity index (χ1v) is 8.34. The van der Waals surface area contributed by atoms with Crippen LogP contribution in [0.1, 0.15) is 25.3 Å². The van der Waals surface area contributed by atoms with Crippen LogP contribution in [-0.2, 0) is 21.3 Å². The van der Waals surface area contributed by atoms with Gasteiger partial charge in [-0.05, 0) is 37.5 Å². The van der Waals surface area contributed by atoms with E-state index in [1.807, 2.05) is 13.0 Å². The van der Waals surface area contributed by atoms with Crippen LogP contribution >= 0.6 is 0 Å². The van der Waals surface area contributed by atoms with E-state index in [2.05, 4.69) is 10.0 Å². The lowest BCUT2D eigenvalue weighted by Crippen LogP contribution is -2.31. The van der Waals surface area contributed by atoms with E-state index in [1.54, 1.807) is 25.3 Å². The van der Waals surface area contributed by atoms with Gasteiger partial charge in [-0.1, -0.05) is 12.1 Å². The zero-order chi connectivity index (χ0) is 14.6. The summed E-state index contributed by atoms with van der Waals surface area (Å²) in [4.78, 5) is 0.302. The third kappa shape index (κ3) is 4.56. The fraction of sp³-hybridized carbons (Fsp3) is 0.571. The Kier molecular flexibility index (Phi) is 5.15. The molecule has 1 aromatic rings. The first kappa shape index (κ1) is 15.4. The van der Waals surface area contributed by atoms with Gasteiger partial charge in [-0.2, -0.15) is 0 Å². The Bertz CT molecular complexity index is 541. The average Bonchev–Trinajstić information content (AvgIpc) is 3.27. The van der Waals surface area contributed by atoms with Gasteiger partial charge < -0.3 is 10.1 Å². The highest BCUT2D eigenvalue weighted by molar-refractivity contribution is 7.89. The first-order valence-electron chi connectivity index (χ1n) is 6.86. The van der Waals surface area contributed by atoms with Crippen molar-refractivity contribution in [1.82, 2.24) is 10.0 Å². The van der Waals surface area contributed by atoms with Crippen molar-refractivity contribution >= 4 is 10.0 Å². The number of sulfonamides is 1. The van der Waals surface area contributed by atoms with Crippen LogP contribution in [-0.4, -0.2) is 34.2 Å². The van der Waals surface area contributed by atoms with Crippen LogP contribution in [0.2, 0.25) is 0 Å². The molecule has 1 aromatic carbocycles. The number of hydrogen-bond donors (Lipinski definition) is 2. The fourth-order valence-electron chi connectivity index (χ4n) is 1.77. The minimum Gasteiger partial charge on any atom is -0.380 e. The van der Waals surface area contributed by atoms with Crippen LogP contribution in [0.3, 0.4) is 0 Å². The molecule has 0 radical (unpaired) electrons. The second-order valence-electron chi connectivity index (χ2n) is 5.20. The summed E-state index contributed by atoms with van der Waals surface area (Å²) in [6, 6.07) is 7.65. The van der Waals surface area contributed by atoms with E-state index >= 15 is 0 Å². The topological polar surface area (TPSA) is 67.4 Å². The van der Waals surface area contributed by atoms with Gasteiger partial charge in [-0.15, -0.1) is 0 Å². The molecule has 112 valence electrons. The third-order valence-electron chi connectivity index (χ3n) is 3.34. The average molecular weight is 298 g/mol. The molecule has 5 nitrogen and oxygen atoms in total. The van der Waals surface area contributed by atoms with Gasteiger partial charge in [-0.3, -0.25) is 0 Å². The standard InChI is InChI=1S/C14H22N2O3S/c1-11(19-2)9-16-20(17,18)14-5-3-4-12(8-14)10-15-13-6-7-13/h3-5,8,11,13,15-16H,6-7,9-10H2,1-2H3. The predicted octanol–water partition coefficient (Wildman–Crippen LogP) is 1.25. The van der Waals surface area contributed by atoms with E-state index in [9.17, 15) is 8.42 Å². The van der Waals surface area contributed by atoms with Gasteiger partial charge in [0, 0.05) is 26.2 Å². The Balaban J connectivity index is 2.00. The molecule has 1 aliphatic rings. The molecule has 0 saturated heterocycles. The largest absolute Gasteiger partial charge is 0.380 e. The predicted molar refractivity (Wildman–Crippen MR) is 78.0 cm³/mol. The molecule has 0 aromatic heterocycles. The number of hydrogen-bond acceptors (Lipinski definition) is 4. The van der Waals surface area contributed by atoms with Gasteiger partial charge >= 0.3 is 0 Å². The quantitative estimate of drug-likeness (QED) is 0.758. The van der Waals surface area contributed by atoms with Crippen LogP contribution in [0.4, 0.5) is 0 Å². The number of benzene rings is 1. The maximum atomic E-state index is 12.2. The summed E-state index contributed by atoms with van der Waals surface area (Å²) in [5.74, 6) is 0. The monoisotopic (exact) mass is 298 g/mol. The summed E-state index contributed by atoms with van der Waals surface area (Å²) >= 11 is 0. The van der Waals surface area contributed by atoms with Gasteiger partial charge in [0.25, 0.3) is 0 Å². The number of methoxy groups -OCH3 is 1. The summed E-state index contributed by atoms with van der Waals surface area (Å²) < 4.78 is 31.9. The smallest absolute Gasteiger partial charge is 0.240 e. The third-order valence-corrected chi connectivity index (χ3v) is 4.77. The molecule has 2 rings (SSSR count). The number of nitrogens with one attached hydrogen (secondary N) is 2. The van der Waals surface area contributed by atoms with Crippen LogP contribution in [0.5, 0.6) is 0 Å². The SMILES string of the molecule is COC(C)CNS(=O)(=O)c1cccc(CNC2CC2)c1. The summed E-state index contributed by atoms with van der Waals surface area (Å²) in [6.07, 6.45) is 2.28. The Morgan fingerprint density at radius 3 is 2.80 bits per heavy atom. The van der Waals surface area contributed by atoms with Crippen LogP contribution in [0, 0.1) is 0 Å². The minimum atomic E-state index is -3.47. The molecule has 1 atom stereocenters. The van der Waals surface area contributed by atoms with Crippen LogP contribution < -0.4 is 10.0 Å². The normalized spacial score (nSPS) is 17.1. The van der Waals surface area contributed by atoms with Crippen molar-refractivity contribution in [1.29, 1.82) is 0 Å². The molecule has 0 bridgehead atoms. The van der Waals surface area contributed by atoms with E-state index in [0.717, 1.165) is 5.56 Å². The number of ether oxygens (including phenoxy) is 1. The fourth-order valence-corrected chi connectivity index (χ4v) is 2.95. The molecule has 0 amide bonds. The van der Waals surface area contributed by atoms with Gasteiger partial charge in [0.1, 0.15) is 0 Å². The summed E-state index contributed by atoms with van der Waals surface area (Å²) in [5, 5.41) is 3.38. The van der Waals surface area contributed by atoms with Crippen molar-refractivity contribution in [3.63, 3.8) is 0 Å². The molecular weight excluding hydrogens is 276 g/mol. The first-order chi connectivity index (χ1) is 9.51. The van der Waals surface area contributed by atoms with Crippen molar-refractivity contribution < 1.29 is 13.2 Å². The lowest BCUT2D eigenvalue weighted by atomic mass is 10.2. The molecule has 2 N–H and O–H groups in total. The molecule has 0 aliphatic heterocycles. The minimum absolute atomic E-state index is 0.149. The number of rotatable bonds is 8. The lowest BCUT2D eigenvalue weighted by Gasteiger charge is -2.12. The Morgan fingerprint density at radius 2 is 2.15 bits per heavy atom. The van der Waals surface area contributed by atoms with Crippen LogP contribution in [0.15, 0.2) is 29.2 Å². The highest BCUT2D eigenvalue weighted by Crippen LogP contribution is 2.19. The van der Waals surface area contributed by atoms with Crippen LogP contribution in [0.25, 0.3) is 0 Å². The van der Waals surface area contributed by atoms with E-state index in [-0.39, 0.29) is 12.6 Å². The zero-order valence-electron chi connectivity index (χ0n) is 11.9.